The van der Waals surface area contributed by atoms with E-state index in [2.05, 4.69) is 15.1 Å². The summed E-state index contributed by atoms with van der Waals surface area (Å²) in [6.45, 7) is 3.49. The van der Waals surface area contributed by atoms with Gasteiger partial charge in [-0.3, -0.25) is 14.2 Å². The molecule has 8 nitrogen and oxygen atoms in total. The van der Waals surface area contributed by atoms with E-state index in [1.807, 2.05) is 0 Å². The van der Waals surface area contributed by atoms with Crippen LogP contribution in [0.3, 0.4) is 0 Å². The van der Waals surface area contributed by atoms with Gasteiger partial charge in [0.15, 0.2) is 11.0 Å². The lowest BCUT2D eigenvalue weighted by Gasteiger charge is -2.30. The molecule has 0 radical (unpaired) electrons. The Kier molecular flexibility index (Phi) is 3.87. The van der Waals surface area contributed by atoms with Gasteiger partial charge in [0, 0.05) is 31.6 Å². The first-order valence-electron chi connectivity index (χ1n) is 7.95. The maximum absolute atomic E-state index is 12.8. The predicted octanol–water partition coefficient (Wildman–Crippen LogP) is 1.06. The van der Waals surface area contributed by atoms with E-state index in [0.717, 1.165) is 18.6 Å². The molecule has 4 heterocycles. The fourth-order valence-corrected chi connectivity index (χ4v) is 4.09. The first-order chi connectivity index (χ1) is 11.6. The fraction of sp³-hybridized carbons (Fsp3) is 0.533. The van der Waals surface area contributed by atoms with Crippen molar-refractivity contribution < 1.29 is 9.32 Å². The van der Waals surface area contributed by atoms with Crippen LogP contribution >= 0.6 is 11.8 Å². The fourth-order valence-electron chi connectivity index (χ4n) is 3.18. The van der Waals surface area contributed by atoms with Crippen LogP contribution in [0.25, 0.3) is 0 Å². The van der Waals surface area contributed by atoms with Gasteiger partial charge in [0.25, 0.3) is 11.5 Å². The van der Waals surface area contributed by atoms with Crippen molar-refractivity contribution in [3.63, 3.8) is 0 Å². The molecule has 2 aliphatic rings. The van der Waals surface area contributed by atoms with Crippen molar-refractivity contribution in [2.75, 3.05) is 18.8 Å². The summed E-state index contributed by atoms with van der Waals surface area (Å²) in [7, 11) is 0. The van der Waals surface area contributed by atoms with E-state index >= 15 is 0 Å². The van der Waals surface area contributed by atoms with Crippen LogP contribution in [-0.2, 0) is 6.54 Å². The Hall–Kier alpha value is -2.16. The molecule has 0 aliphatic carbocycles. The highest BCUT2D eigenvalue weighted by Gasteiger charge is 2.31. The number of piperidine rings is 1. The summed E-state index contributed by atoms with van der Waals surface area (Å²) < 4.78 is 6.83. The number of hydrogen-bond donors (Lipinski definition) is 0. The van der Waals surface area contributed by atoms with Crippen molar-refractivity contribution in [3.8, 4) is 0 Å². The van der Waals surface area contributed by atoms with Gasteiger partial charge < -0.3 is 9.42 Å². The molecule has 1 unspecified atom stereocenters. The Balaban J connectivity index is 1.57. The summed E-state index contributed by atoms with van der Waals surface area (Å²) in [5.41, 5.74) is -0.102. The Bertz CT molecular complexity index is 846. The highest BCUT2D eigenvalue weighted by molar-refractivity contribution is 7.99. The van der Waals surface area contributed by atoms with Gasteiger partial charge in [-0.15, -0.1) is 0 Å². The molecule has 2 aliphatic heterocycles. The number of thioether (sulfide) groups is 1. The molecule has 9 heteroatoms. The highest BCUT2D eigenvalue weighted by atomic mass is 32.2. The van der Waals surface area contributed by atoms with Crippen LogP contribution in [0.1, 0.15) is 40.8 Å². The summed E-state index contributed by atoms with van der Waals surface area (Å²) in [6, 6.07) is 0. The molecule has 1 fully saturated rings. The van der Waals surface area contributed by atoms with Gasteiger partial charge >= 0.3 is 0 Å². The zero-order valence-electron chi connectivity index (χ0n) is 13.3. The van der Waals surface area contributed by atoms with Crippen LogP contribution in [0, 0.1) is 6.92 Å². The van der Waals surface area contributed by atoms with E-state index in [1.165, 1.54) is 18.0 Å². The van der Waals surface area contributed by atoms with E-state index in [4.69, 9.17) is 4.52 Å². The number of hydrogen-bond acceptors (Lipinski definition) is 7. The average molecular weight is 347 g/mol. The van der Waals surface area contributed by atoms with E-state index in [1.54, 1.807) is 16.4 Å². The van der Waals surface area contributed by atoms with Crippen LogP contribution in [0.4, 0.5) is 0 Å². The zero-order valence-corrected chi connectivity index (χ0v) is 14.1. The van der Waals surface area contributed by atoms with Crippen LogP contribution in [0.15, 0.2) is 20.7 Å². The third-order valence-electron chi connectivity index (χ3n) is 4.39. The van der Waals surface area contributed by atoms with Crippen molar-refractivity contribution in [2.45, 2.75) is 37.4 Å². The molecule has 0 bridgehead atoms. The minimum atomic E-state index is -0.263. The standard InChI is InChI=1S/C15H17N5O3S/c1-9-17-12(23-18-9)10-3-2-4-19(8-10)13(21)11-7-16-15-20(14(11)22)5-6-24-15/h7,10H,2-6,8H2,1H3. The molecule has 24 heavy (non-hydrogen) atoms. The average Bonchev–Trinajstić information content (AvgIpc) is 3.24. The smallest absolute Gasteiger partial charge is 0.267 e. The number of rotatable bonds is 2. The Labute approximate surface area is 142 Å². The molecule has 2 aromatic heterocycles. The minimum absolute atomic E-state index is 0.0181. The van der Waals surface area contributed by atoms with Gasteiger partial charge in [-0.2, -0.15) is 4.98 Å². The second kappa shape index (κ2) is 6.04. The number of amides is 1. The quantitative estimate of drug-likeness (QED) is 0.750. The third kappa shape index (κ3) is 2.62. The van der Waals surface area contributed by atoms with Gasteiger partial charge in [-0.25, -0.2) is 4.98 Å². The molecule has 0 aromatic carbocycles. The number of carbonyl (C=O) groups excluding carboxylic acids is 1. The first kappa shape index (κ1) is 15.4. The van der Waals surface area contributed by atoms with Crippen molar-refractivity contribution in [1.29, 1.82) is 0 Å². The molecule has 1 saturated heterocycles. The molecule has 126 valence electrons. The molecule has 1 amide bonds. The largest absolute Gasteiger partial charge is 0.339 e. The summed E-state index contributed by atoms with van der Waals surface area (Å²) in [4.78, 5) is 35.5. The normalized spacial score (nSPS) is 20.2. The second-order valence-corrected chi connectivity index (χ2v) is 7.09. The van der Waals surface area contributed by atoms with E-state index in [9.17, 15) is 9.59 Å². The Morgan fingerprint density at radius 3 is 3.08 bits per heavy atom. The SMILES string of the molecule is Cc1noc(C2CCCN(C(=O)c3cnc4n(c3=O)CCS4)C2)n1. The Morgan fingerprint density at radius 2 is 2.29 bits per heavy atom. The van der Waals surface area contributed by atoms with Gasteiger partial charge in [0.05, 0.1) is 5.92 Å². The van der Waals surface area contributed by atoms with E-state index < -0.39 is 0 Å². The third-order valence-corrected chi connectivity index (χ3v) is 5.36. The van der Waals surface area contributed by atoms with Crippen molar-refractivity contribution in [1.82, 2.24) is 24.6 Å². The van der Waals surface area contributed by atoms with Gasteiger partial charge in [-0.05, 0) is 19.8 Å². The lowest BCUT2D eigenvalue weighted by Crippen LogP contribution is -2.42. The summed E-state index contributed by atoms with van der Waals surface area (Å²) in [5.74, 6) is 1.73. The summed E-state index contributed by atoms with van der Waals surface area (Å²) in [6.07, 6.45) is 3.14. The van der Waals surface area contributed by atoms with Gasteiger partial charge in [0.1, 0.15) is 5.56 Å². The monoisotopic (exact) mass is 347 g/mol. The van der Waals surface area contributed by atoms with Crippen LogP contribution in [0.2, 0.25) is 0 Å². The lowest BCUT2D eigenvalue weighted by molar-refractivity contribution is 0.0692. The topological polar surface area (TPSA) is 94.1 Å². The number of likely N-dealkylation sites (tertiary alicyclic amines) is 1. The minimum Gasteiger partial charge on any atom is -0.339 e. The van der Waals surface area contributed by atoms with Crippen LogP contribution in [-0.4, -0.2) is 49.3 Å². The molecule has 1 atom stereocenters. The van der Waals surface area contributed by atoms with Gasteiger partial charge in [-0.1, -0.05) is 16.9 Å². The van der Waals surface area contributed by atoms with Crippen LogP contribution < -0.4 is 5.56 Å². The maximum Gasteiger partial charge on any atom is 0.267 e. The number of nitrogens with zero attached hydrogens (tertiary/aromatic N) is 5. The van der Waals surface area contributed by atoms with E-state index in [-0.39, 0.29) is 22.9 Å². The Morgan fingerprint density at radius 1 is 1.42 bits per heavy atom. The number of carbonyl (C=O) groups is 1. The molecule has 2 aromatic rings. The van der Waals surface area contributed by atoms with Crippen molar-refractivity contribution in [3.05, 3.63) is 33.8 Å². The van der Waals surface area contributed by atoms with Crippen LogP contribution in [0.5, 0.6) is 0 Å². The first-order valence-corrected chi connectivity index (χ1v) is 8.94. The molecular weight excluding hydrogens is 330 g/mol. The van der Waals surface area contributed by atoms with E-state index in [0.29, 0.717) is 36.5 Å². The number of aromatic nitrogens is 4. The number of fused-ring (bicyclic) bond motifs is 1. The molecule has 0 N–H and O–H groups in total. The maximum atomic E-state index is 12.8. The molecule has 0 saturated carbocycles. The molecule has 4 rings (SSSR count). The van der Waals surface area contributed by atoms with Crippen molar-refractivity contribution >= 4 is 17.7 Å². The molecule has 0 spiro atoms. The van der Waals surface area contributed by atoms with Crippen molar-refractivity contribution in [2.24, 2.45) is 0 Å². The molecular formula is C15H17N5O3S. The summed E-state index contributed by atoms with van der Waals surface area (Å²) >= 11 is 1.54. The zero-order chi connectivity index (χ0) is 16.7. The second-order valence-electron chi connectivity index (χ2n) is 6.03. The highest BCUT2D eigenvalue weighted by Crippen LogP contribution is 2.26. The number of aryl methyl sites for hydroxylation is 1. The van der Waals surface area contributed by atoms with Gasteiger partial charge in [0.2, 0.25) is 5.89 Å². The lowest BCUT2D eigenvalue weighted by atomic mass is 9.97. The summed E-state index contributed by atoms with van der Waals surface area (Å²) in [5, 5.41) is 4.51. The predicted molar refractivity (Wildman–Crippen MR) is 86.1 cm³/mol.